The van der Waals surface area contributed by atoms with Crippen LogP contribution in [0.2, 0.25) is 0 Å². The third kappa shape index (κ3) is 4.49. The molecule has 0 aliphatic rings. The minimum Gasteiger partial charge on any atom is -0.396 e. The summed E-state index contributed by atoms with van der Waals surface area (Å²) in [5.41, 5.74) is 8.46. The van der Waals surface area contributed by atoms with E-state index in [1.165, 1.54) is 11.1 Å². The van der Waals surface area contributed by atoms with Crippen molar-refractivity contribution in [1.82, 2.24) is 0 Å². The zero-order valence-corrected chi connectivity index (χ0v) is 11.2. The largest absolute Gasteiger partial charge is 0.396 e. The highest BCUT2D eigenvalue weighted by molar-refractivity contribution is 5.27. The first-order valence-corrected chi connectivity index (χ1v) is 6.37. The molecule has 2 heteroatoms. The molecule has 0 heterocycles. The number of aliphatic hydroxyl groups excluding tert-OH is 1. The van der Waals surface area contributed by atoms with Gasteiger partial charge in [0, 0.05) is 6.61 Å². The maximum absolute atomic E-state index is 9.07. The van der Waals surface area contributed by atoms with Crippen molar-refractivity contribution in [3.8, 4) is 0 Å². The van der Waals surface area contributed by atoms with Crippen LogP contribution in [0.4, 0.5) is 0 Å². The standard InChI is InChI=1S/C15H25NO/c1-15(2,3)14-8-6-12(7-9-14)4-5-13(10-16)11-17/h6-9,13,17H,4-5,10-11,16H2,1-3H3. The van der Waals surface area contributed by atoms with E-state index in [1.54, 1.807) is 0 Å². The van der Waals surface area contributed by atoms with Gasteiger partial charge in [-0.15, -0.1) is 0 Å². The summed E-state index contributed by atoms with van der Waals surface area (Å²) < 4.78 is 0. The Labute approximate surface area is 105 Å². The summed E-state index contributed by atoms with van der Waals surface area (Å²) in [6, 6.07) is 8.77. The van der Waals surface area contributed by atoms with Gasteiger partial charge in [0.1, 0.15) is 0 Å². The molecule has 3 N–H and O–H groups in total. The van der Waals surface area contributed by atoms with Gasteiger partial charge in [0.15, 0.2) is 0 Å². The van der Waals surface area contributed by atoms with Gasteiger partial charge in [-0.1, -0.05) is 45.0 Å². The summed E-state index contributed by atoms with van der Waals surface area (Å²) in [4.78, 5) is 0. The zero-order valence-electron chi connectivity index (χ0n) is 11.2. The van der Waals surface area contributed by atoms with E-state index < -0.39 is 0 Å². The SMILES string of the molecule is CC(C)(C)c1ccc(CCC(CN)CO)cc1. The fraction of sp³-hybridized carbons (Fsp3) is 0.600. The normalized spacial score (nSPS) is 13.7. The molecule has 0 aromatic heterocycles. The first kappa shape index (κ1) is 14.2. The number of hydrogen-bond acceptors (Lipinski definition) is 2. The summed E-state index contributed by atoms with van der Waals surface area (Å²) in [7, 11) is 0. The molecule has 0 radical (unpaired) electrons. The van der Waals surface area contributed by atoms with E-state index in [4.69, 9.17) is 10.8 Å². The predicted octanol–water partition coefficient (Wildman–Crippen LogP) is 2.48. The summed E-state index contributed by atoms with van der Waals surface area (Å²) in [6.45, 7) is 7.42. The number of hydrogen-bond donors (Lipinski definition) is 2. The molecule has 1 atom stereocenters. The van der Waals surface area contributed by atoms with E-state index >= 15 is 0 Å². The van der Waals surface area contributed by atoms with Gasteiger partial charge < -0.3 is 10.8 Å². The van der Waals surface area contributed by atoms with E-state index in [1.807, 2.05) is 0 Å². The van der Waals surface area contributed by atoms with Crippen molar-refractivity contribution in [2.45, 2.75) is 39.0 Å². The molecule has 0 bridgehead atoms. The molecule has 0 spiro atoms. The van der Waals surface area contributed by atoms with Crippen LogP contribution in [-0.4, -0.2) is 18.3 Å². The van der Waals surface area contributed by atoms with E-state index in [-0.39, 0.29) is 17.9 Å². The molecular formula is C15H25NO. The zero-order chi connectivity index (χ0) is 12.9. The molecule has 0 amide bonds. The van der Waals surface area contributed by atoms with Crippen LogP contribution < -0.4 is 5.73 Å². The molecule has 2 nitrogen and oxygen atoms in total. The van der Waals surface area contributed by atoms with E-state index in [9.17, 15) is 0 Å². The minimum absolute atomic E-state index is 0.191. The highest BCUT2D eigenvalue weighted by Crippen LogP contribution is 2.22. The van der Waals surface area contributed by atoms with Gasteiger partial charge >= 0.3 is 0 Å². The van der Waals surface area contributed by atoms with Gasteiger partial charge in [0.2, 0.25) is 0 Å². The Morgan fingerprint density at radius 2 is 1.76 bits per heavy atom. The van der Waals surface area contributed by atoms with Crippen LogP contribution in [0.1, 0.15) is 38.3 Å². The van der Waals surface area contributed by atoms with Gasteiger partial charge in [-0.05, 0) is 41.8 Å². The van der Waals surface area contributed by atoms with Crippen LogP contribution in [0.3, 0.4) is 0 Å². The number of nitrogens with two attached hydrogens (primary N) is 1. The second-order valence-corrected chi connectivity index (χ2v) is 5.77. The summed E-state index contributed by atoms with van der Waals surface area (Å²) >= 11 is 0. The molecule has 0 aliphatic carbocycles. The number of aliphatic hydroxyl groups is 1. The first-order chi connectivity index (χ1) is 7.97. The summed E-state index contributed by atoms with van der Waals surface area (Å²) in [6.07, 6.45) is 1.95. The molecule has 0 saturated carbocycles. The molecule has 1 aromatic carbocycles. The van der Waals surface area contributed by atoms with Crippen LogP contribution in [0.15, 0.2) is 24.3 Å². The van der Waals surface area contributed by atoms with Gasteiger partial charge in [-0.3, -0.25) is 0 Å². The highest BCUT2D eigenvalue weighted by atomic mass is 16.3. The van der Waals surface area contributed by atoms with Crippen molar-refractivity contribution in [3.05, 3.63) is 35.4 Å². The predicted molar refractivity (Wildman–Crippen MR) is 73.1 cm³/mol. The van der Waals surface area contributed by atoms with Gasteiger partial charge in [-0.2, -0.15) is 0 Å². The van der Waals surface area contributed by atoms with E-state index in [0.29, 0.717) is 6.54 Å². The lowest BCUT2D eigenvalue weighted by Crippen LogP contribution is -2.18. The molecule has 96 valence electrons. The Hall–Kier alpha value is -0.860. The third-order valence-corrected chi connectivity index (χ3v) is 3.25. The highest BCUT2D eigenvalue weighted by Gasteiger charge is 2.13. The van der Waals surface area contributed by atoms with Crippen LogP contribution in [0, 0.1) is 5.92 Å². The van der Waals surface area contributed by atoms with Crippen LogP contribution in [0.25, 0.3) is 0 Å². The number of rotatable bonds is 5. The third-order valence-electron chi connectivity index (χ3n) is 3.25. The monoisotopic (exact) mass is 235 g/mol. The van der Waals surface area contributed by atoms with Gasteiger partial charge in [-0.25, -0.2) is 0 Å². The van der Waals surface area contributed by atoms with Crippen molar-refractivity contribution < 1.29 is 5.11 Å². The Kier molecular flexibility index (Phi) is 5.16. The number of aryl methyl sites for hydroxylation is 1. The summed E-state index contributed by atoms with van der Waals surface area (Å²) in [5.74, 6) is 0.234. The van der Waals surface area contributed by atoms with Crippen molar-refractivity contribution in [2.75, 3.05) is 13.2 Å². The average molecular weight is 235 g/mol. The lowest BCUT2D eigenvalue weighted by molar-refractivity contribution is 0.223. The Bertz CT molecular complexity index is 320. The smallest absolute Gasteiger partial charge is 0.0471 e. The second-order valence-electron chi connectivity index (χ2n) is 5.77. The quantitative estimate of drug-likeness (QED) is 0.823. The minimum atomic E-state index is 0.191. The fourth-order valence-electron chi connectivity index (χ4n) is 1.83. The number of benzene rings is 1. The Morgan fingerprint density at radius 1 is 1.18 bits per heavy atom. The van der Waals surface area contributed by atoms with Gasteiger partial charge in [0.05, 0.1) is 0 Å². The maximum Gasteiger partial charge on any atom is 0.0471 e. The van der Waals surface area contributed by atoms with E-state index in [2.05, 4.69) is 45.0 Å². The van der Waals surface area contributed by atoms with Crippen LogP contribution >= 0.6 is 0 Å². The average Bonchev–Trinajstić information content (AvgIpc) is 2.30. The molecule has 0 saturated heterocycles. The van der Waals surface area contributed by atoms with Crippen molar-refractivity contribution in [2.24, 2.45) is 11.7 Å². The van der Waals surface area contributed by atoms with Crippen molar-refractivity contribution >= 4 is 0 Å². The van der Waals surface area contributed by atoms with Crippen LogP contribution in [0.5, 0.6) is 0 Å². The molecule has 17 heavy (non-hydrogen) atoms. The molecule has 0 fully saturated rings. The molecule has 1 rings (SSSR count). The maximum atomic E-state index is 9.07. The molecular weight excluding hydrogens is 210 g/mol. The van der Waals surface area contributed by atoms with Crippen molar-refractivity contribution in [1.29, 1.82) is 0 Å². The fourth-order valence-corrected chi connectivity index (χ4v) is 1.83. The Morgan fingerprint density at radius 3 is 2.18 bits per heavy atom. The molecule has 1 unspecified atom stereocenters. The first-order valence-electron chi connectivity index (χ1n) is 6.37. The lowest BCUT2D eigenvalue weighted by atomic mass is 9.86. The topological polar surface area (TPSA) is 46.2 Å². The lowest BCUT2D eigenvalue weighted by Gasteiger charge is -2.19. The second kappa shape index (κ2) is 6.18. The van der Waals surface area contributed by atoms with Crippen LogP contribution in [-0.2, 0) is 11.8 Å². The molecule has 0 aliphatic heterocycles. The van der Waals surface area contributed by atoms with Crippen molar-refractivity contribution in [3.63, 3.8) is 0 Å². The van der Waals surface area contributed by atoms with E-state index in [0.717, 1.165) is 12.8 Å². The molecule has 1 aromatic rings. The Balaban J connectivity index is 2.57. The summed E-state index contributed by atoms with van der Waals surface area (Å²) in [5, 5.41) is 9.07. The van der Waals surface area contributed by atoms with Gasteiger partial charge in [0.25, 0.3) is 0 Å².